The molecule has 0 unspecified atom stereocenters. The number of nitrogen functional groups attached to an aromatic ring is 2. The molecular weight excluding hydrogens is 680 g/mol. The molecule has 0 spiro atoms. The molecule has 0 heterocycles. The highest BCUT2D eigenvalue weighted by molar-refractivity contribution is 5.95. The average molecular weight is 723 g/mol. The Bertz CT molecular complexity index is 1790. The highest BCUT2D eigenvalue weighted by Gasteiger charge is 2.09. The topological polar surface area (TPSA) is 168 Å². The lowest BCUT2D eigenvalue weighted by molar-refractivity contribution is -0.117. The molecule has 10 nitrogen and oxygen atoms in total. The molecule has 4 aromatic rings. The molecule has 0 bridgehead atoms. The van der Waals surface area contributed by atoms with Gasteiger partial charge in [-0.2, -0.15) is 0 Å². The molecule has 8 N–H and O–H groups in total. The van der Waals surface area contributed by atoms with Crippen LogP contribution in [0.5, 0.6) is 0 Å². The predicted molar refractivity (Wildman–Crippen MR) is 193 cm³/mol. The molecular formula is C38H42F4N6O4. The Balaban J connectivity index is 0.000000280. The monoisotopic (exact) mass is 722 g/mol. The molecule has 0 aliphatic heterocycles. The fourth-order valence-corrected chi connectivity index (χ4v) is 4.69. The lowest BCUT2D eigenvalue weighted by Crippen LogP contribution is -2.24. The molecule has 52 heavy (non-hydrogen) atoms. The van der Waals surface area contributed by atoms with Crippen molar-refractivity contribution < 1.29 is 36.7 Å². The Kier molecular flexibility index (Phi) is 16.6. The van der Waals surface area contributed by atoms with E-state index in [4.69, 9.17) is 11.5 Å². The number of hydrogen-bond acceptors (Lipinski definition) is 6. The van der Waals surface area contributed by atoms with Gasteiger partial charge in [0.05, 0.1) is 22.7 Å². The molecule has 0 aromatic heterocycles. The number of amides is 4. The first-order valence-corrected chi connectivity index (χ1v) is 16.7. The third kappa shape index (κ3) is 14.9. The molecule has 14 heteroatoms. The maximum Gasteiger partial charge on any atom is 0.251 e. The third-order valence-corrected chi connectivity index (χ3v) is 7.52. The second-order valence-corrected chi connectivity index (χ2v) is 11.7. The van der Waals surface area contributed by atoms with Crippen LogP contribution < -0.4 is 32.7 Å². The van der Waals surface area contributed by atoms with Crippen LogP contribution in [0.1, 0.15) is 72.1 Å². The van der Waals surface area contributed by atoms with Crippen LogP contribution in [0, 0.1) is 23.3 Å². The van der Waals surface area contributed by atoms with Crippen LogP contribution >= 0.6 is 0 Å². The van der Waals surface area contributed by atoms with Gasteiger partial charge >= 0.3 is 0 Å². The minimum absolute atomic E-state index is 0.182. The van der Waals surface area contributed by atoms with Crippen molar-refractivity contribution in [2.75, 3.05) is 35.2 Å². The Morgan fingerprint density at radius 3 is 1.37 bits per heavy atom. The van der Waals surface area contributed by atoms with Crippen molar-refractivity contribution in [3.63, 3.8) is 0 Å². The molecule has 0 radical (unpaired) electrons. The van der Waals surface area contributed by atoms with E-state index in [1.165, 1.54) is 78.9 Å². The number of benzene rings is 4. The number of carbonyl (C=O) groups excluding carboxylic acids is 4. The van der Waals surface area contributed by atoms with E-state index in [2.05, 4.69) is 21.3 Å². The number of nitrogens with one attached hydrogen (secondary N) is 4. The highest BCUT2D eigenvalue weighted by Crippen LogP contribution is 2.20. The summed E-state index contributed by atoms with van der Waals surface area (Å²) in [5.41, 5.74) is 13.3. The zero-order chi connectivity index (χ0) is 37.9. The standard InChI is InChI=1S/2C19H21F2N3O2/c20-14-7-5-13(6-8-14)19(26)23-11-3-1-2-4-18(25)24-17-10-9-15(21)12-16(17)22;20-14-7-5-13(6-8-14)19(26)23-11-3-1-2-4-18(25)24-17-12-15(21)9-10-16(17)22/h2*5-10,12H,1-4,11,22H2,(H,23,26)(H,24,25). The van der Waals surface area contributed by atoms with Crippen LogP contribution in [0.2, 0.25) is 0 Å². The zero-order valence-electron chi connectivity index (χ0n) is 28.5. The van der Waals surface area contributed by atoms with Crippen LogP contribution in [0.4, 0.5) is 40.3 Å². The predicted octanol–water partition coefficient (Wildman–Crippen LogP) is 6.95. The van der Waals surface area contributed by atoms with Crippen molar-refractivity contribution in [3.05, 3.63) is 119 Å². The minimum atomic E-state index is -0.466. The van der Waals surface area contributed by atoms with Gasteiger partial charge in [0.2, 0.25) is 11.8 Å². The smallest absolute Gasteiger partial charge is 0.251 e. The van der Waals surface area contributed by atoms with Crippen molar-refractivity contribution in [3.8, 4) is 0 Å². The second kappa shape index (κ2) is 21.3. The number of rotatable bonds is 16. The van der Waals surface area contributed by atoms with Gasteiger partial charge in [-0.15, -0.1) is 0 Å². The normalized spacial score (nSPS) is 10.4. The van der Waals surface area contributed by atoms with E-state index in [1.807, 2.05) is 0 Å². The number of anilines is 4. The summed E-state index contributed by atoms with van der Waals surface area (Å²) in [5.74, 6) is -2.65. The number of nitrogens with two attached hydrogens (primary N) is 2. The van der Waals surface area contributed by atoms with Crippen molar-refractivity contribution in [1.82, 2.24) is 10.6 Å². The average Bonchev–Trinajstić information content (AvgIpc) is 3.11. The van der Waals surface area contributed by atoms with E-state index in [9.17, 15) is 36.7 Å². The van der Waals surface area contributed by atoms with Gasteiger partial charge < -0.3 is 32.7 Å². The van der Waals surface area contributed by atoms with Gasteiger partial charge in [-0.3, -0.25) is 19.2 Å². The molecule has 0 saturated carbocycles. The van der Waals surface area contributed by atoms with Crippen LogP contribution in [-0.2, 0) is 9.59 Å². The Hall–Kier alpha value is -5.92. The Morgan fingerprint density at radius 2 is 0.885 bits per heavy atom. The summed E-state index contributed by atoms with van der Waals surface area (Å²) < 4.78 is 51.7. The minimum Gasteiger partial charge on any atom is -0.397 e. The van der Waals surface area contributed by atoms with Gasteiger partial charge in [-0.25, -0.2) is 17.6 Å². The SMILES string of the molecule is Nc1cc(F)ccc1NC(=O)CCCCCNC(=O)c1ccc(F)cc1.Nc1ccc(F)cc1NC(=O)CCCCCNC(=O)c1ccc(F)cc1. The summed E-state index contributed by atoms with van der Waals surface area (Å²) >= 11 is 0. The van der Waals surface area contributed by atoms with Crippen molar-refractivity contribution in [2.24, 2.45) is 0 Å². The van der Waals surface area contributed by atoms with Gasteiger partial charge in [-0.1, -0.05) is 12.8 Å². The molecule has 0 aliphatic rings. The third-order valence-electron chi connectivity index (χ3n) is 7.52. The lowest BCUT2D eigenvalue weighted by atomic mass is 10.1. The van der Waals surface area contributed by atoms with Crippen LogP contribution in [0.25, 0.3) is 0 Å². The fraction of sp³-hybridized carbons (Fsp3) is 0.263. The molecule has 0 saturated heterocycles. The van der Waals surface area contributed by atoms with Gasteiger partial charge in [-0.05, 0) is 111 Å². The number of hydrogen-bond donors (Lipinski definition) is 6. The maximum atomic E-state index is 13.1. The second-order valence-electron chi connectivity index (χ2n) is 11.7. The number of halogens is 4. The van der Waals surface area contributed by atoms with E-state index < -0.39 is 11.6 Å². The summed E-state index contributed by atoms with van der Waals surface area (Å²) in [4.78, 5) is 47.3. The summed E-state index contributed by atoms with van der Waals surface area (Å²) in [7, 11) is 0. The van der Waals surface area contributed by atoms with E-state index in [0.717, 1.165) is 25.3 Å². The lowest BCUT2D eigenvalue weighted by Gasteiger charge is -2.08. The van der Waals surface area contributed by atoms with E-state index in [1.54, 1.807) is 0 Å². The number of carbonyl (C=O) groups is 4. The summed E-state index contributed by atoms with van der Waals surface area (Å²) in [6.07, 6.45) is 4.81. The van der Waals surface area contributed by atoms with E-state index >= 15 is 0 Å². The van der Waals surface area contributed by atoms with Crippen LogP contribution in [-0.4, -0.2) is 36.7 Å². The van der Waals surface area contributed by atoms with E-state index in [0.29, 0.717) is 61.3 Å². The van der Waals surface area contributed by atoms with E-state index in [-0.39, 0.29) is 53.1 Å². The quantitative estimate of drug-likeness (QED) is 0.0416. The highest BCUT2D eigenvalue weighted by atomic mass is 19.1. The molecule has 0 atom stereocenters. The summed E-state index contributed by atoms with van der Waals surface area (Å²) in [6.45, 7) is 0.942. The largest absolute Gasteiger partial charge is 0.397 e. The molecule has 4 rings (SSSR count). The van der Waals surface area contributed by atoms with Gasteiger partial charge in [0.15, 0.2) is 0 Å². The van der Waals surface area contributed by atoms with Crippen molar-refractivity contribution in [1.29, 1.82) is 0 Å². The first kappa shape index (κ1) is 40.5. The fourth-order valence-electron chi connectivity index (χ4n) is 4.69. The van der Waals surface area contributed by atoms with Crippen molar-refractivity contribution in [2.45, 2.75) is 51.4 Å². The first-order valence-electron chi connectivity index (χ1n) is 16.7. The molecule has 4 aromatic carbocycles. The molecule has 0 aliphatic carbocycles. The summed E-state index contributed by atoms with van der Waals surface area (Å²) in [6, 6.07) is 18.3. The zero-order valence-corrected chi connectivity index (χ0v) is 28.5. The molecule has 276 valence electrons. The van der Waals surface area contributed by atoms with Gasteiger partial charge in [0.1, 0.15) is 23.3 Å². The Labute approximate surface area is 299 Å². The van der Waals surface area contributed by atoms with Gasteiger partial charge in [0, 0.05) is 37.1 Å². The van der Waals surface area contributed by atoms with Gasteiger partial charge in [0.25, 0.3) is 11.8 Å². The van der Waals surface area contributed by atoms with Crippen LogP contribution in [0.3, 0.4) is 0 Å². The first-order chi connectivity index (χ1) is 24.9. The summed E-state index contributed by atoms with van der Waals surface area (Å²) in [5, 5.41) is 10.7. The number of unbranched alkanes of at least 4 members (excludes halogenated alkanes) is 4. The Morgan fingerprint density at radius 1 is 0.462 bits per heavy atom. The molecule has 4 amide bonds. The van der Waals surface area contributed by atoms with Crippen molar-refractivity contribution >= 4 is 46.4 Å². The van der Waals surface area contributed by atoms with Crippen LogP contribution in [0.15, 0.2) is 84.9 Å². The molecule has 0 fully saturated rings. The maximum absolute atomic E-state index is 13.1.